The van der Waals surface area contributed by atoms with Gasteiger partial charge in [-0.1, -0.05) is 29.8 Å². The number of rotatable bonds is 4. The summed E-state index contributed by atoms with van der Waals surface area (Å²) < 4.78 is 26.8. The second-order valence-electron chi connectivity index (χ2n) is 6.15. The molecular formula is C18H20N4O2S. The lowest BCUT2D eigenvalue weighted by Gasteiger charge is -2.34. The van der Waals surface area contributed by atoms with Crippen LogP contribution in [0.2, 0.25) is 0 Å². The Balaban J connectivity index is 1.63. The molecule has 1 aliphatic heterocycles. The Kier molecular flexibility index (Phi) is 5.02. The molecule has 1 fully saturated rings. The highest BCUT2D eigenvalue weighted by atomic mass is 32.2. The van der Waals surface area contributed by atoms with Crippen LogP contribution in [0.4, 0.5) is 5.82 Å². The van der Waals surface area contributed by atoms with Crippen molar-refractivity contribution < 1.29 is 8.42 Å². The number of pyridine rings is 1. The van der Waals surface area contributed by atoms with E-state index in [9.17, 15) is 8.42 Å². The minimum Gasteiger partial charge on any atom is -0.354 e. The fraction of sp³-hybridized carbons (Fsp3) is 0.333. The van der Waals surface area contributed by atoms with Crippen LogP contribution in [-0.4, -0.2) is 43.9 Å². The number of piperazine rings is 1. The Morgan fingerprint density at radius 2 is 1.92 bits per heavy atom. The normalized spacial score (nSPS) is 15.8. The molecule has 0 spiro atoms. The molecule has 0 saturated carbocycles. The second-order valence-corrected chi connectivity index (χ2v) is 8.12. The molecule has 1 aliphatic rings. The van der Waals surface area contributed by atoms with Crippen LogP contribution < -0.4 is 4.90 Å². The van der Waals surface area contributed by atoms with Gasteiger partial charge in [0.1, 0.15) is 11.9 Å². The second kappa shape index (κ2) is 7.21. The van der Waals surface area contributed by atoms with Crippen LogP contribution in [0, 0.1) is 18.3 Å². The number of aryl methyl sites for hydroxylation is 1. The Bertz CT molecular complexity index is 880. The van der Waals surface area contributed by atoms with Crippen molar-refractivity contribution in [1.82, 2.24) is 9.29 Å². The minimum absolute atomic E-state index is 0.0315. The molecule has 0 bridgehead atoms. The third-order valence-electron chi connectivity index (χ3n) is 4.26. The van der Waals surface area contributed by atoms with Gasteiger partial charge in [-0.3, -0.25) is 0 Å². The van der Waals surface area contributed by atoms with Gasteiger partial charge in [0, 0.05) is 32.4 Å². The van der Waals surface area contributed by atoms with Gasteiger partial charge in [0.2, 0.25) is 10.0 Å². The number of hydrogen-bond donors (Lipinski definition) is 0. The highest BCUT2D eigenvalue weighted by molar-refractivity contribution is 7.88. The van der Waals surface area contributed by atoms with E-state index in [1.165, 1.54) is 6.20 Å². The van der Waals surface area contributed by atoms with Crippen LogP contribution >= 0.6 is 0 Å². The molecule has 0 atom stereocenters. The average molecular weight is 356 g/mol. The van der Waals surface area contributed by atoms with Crippen LogP contribution in [0.3, 0.4) is 0 Å². The van der Waals surface area contributed by atoms with E-state index in [0.29, 0.717) is 31.7 Å². The lowest BCUT2D eigenvalue weighted by molar-refractivity contribution is 0.383. The van der Waals surface area contributed by atoms with E-state index in [1.54, 1.807) is 16.4 Å². The molecule has 7 heteroatoms. The number of benzene rings is 1. The van der Waals surface area contributed by atoms with Gasteiger partial charge in [-0.2, -0.15) is 9.57 Å². The van der Waals surface area contributed by atoms with Gasteiger partial charge >= 0.3 is 0 Å². The fourth-order valence-electron chi connectivity index (χ4n) is 2.94. The van der Waals surface area contributed by atoms with Gasteiger partial charge in [0.05, 0.1) is 11.3 Å². The molecule has 0 unspecified atom stereocenters. The lowest BCUT2D eigenvalue weighted by atomic mass is 10.2. The summed E-state index contributed by atoms with van der Waals surface area (Å²) in [6.07, 6.45) is 1.54. The summed E-state index contributed by atoms with van der Waals surface area (Å²) >= 11 is 0. The number of sulfonamides is 1. The first-order valence-corrected chi connectivity index (χ1v) is 9.73. The Morgan fingerprint density at radius 1 is 1.16 bits per heavy atom. The van der Waals surface area contributed by atoms with E-state index >= 15 is 0 Å². The number of nitriles is 1. The smallest absolute Gasteiger partial charge is 0.218 e. The first-order chi connectivity index (χ1) is 12.0. The molecule has 1 aromatic carbocycles. The molecule has 3 rings (SSSR count). The van der Waals surface area contributed by atoms with Gasteiger partial charge in [-0.25, -0.2) is 13.4 Å². The molecular weight excluding hydrogens is 336 g/mol. The van der Waals surface area contributed by atoms with Gasteiger partial charge < -0.3 is 4.90 Å². The van der Waals surface area contributed by atoms with Gasteiger partial charge in [-0.15, -0.1) is 0 Å². The fourth-order valence-corrected chi connectivity index (χ4v) is 4.44. The maximum atomic E-state index is 12.6. The van der Waals surface area contributed by atoms with Gasteiger partial charge in [0.25, 0.3) is 0 Å². The largest absolute Gasteiger partial charge is 0.354 e. The van der Waals surface area contributed by atoms with E-state index in [0.717, 1.165) is 16.9 Å². The number of anilines is 1. The van der Waals surface area contributed by atoms with Crippen LogP contribution in [-0.2, 0) is 15.8 Å². The standard InChI is InChI=1S/C18H20N4O2S/c1-15-3-2-4-16(11-15)14-25(23,24)22-9-7-21(8-10-22)18-6-5-17(12-19)13-20-18/h2-6,11,13H,7-10,14H2,1H3. The number of aromatic nitrogens is 1. The number of nitrogens with zero attached hydrogens (tertiary/aromatic N) is 4. The number of hydrogen-bond acceptors (Lipinski definition) is 5. The summed E-state index contributed by atoms with van der Waals surface area (Å²) in [4.78, 5) is 6.31. The zero-order chi connectivity index (χ0) is 17.9. The molecule has 0 N–H and O–H groups in total. The van der Waals surface area contributed by atoms with Gasteiger partial charge in [-0.05, 0) is 24.6 Å². The van der Waals surface area contributed by atoms with Crippen molar-refractivity contribution in [2.24, 2.45) is 0 Å². The maximum absolute atomic E-state index is 12.6. The van der Waals surface area contributed by atoms with Crippen LogP contribution in [0.15, 0.2) is 42.6 Å². The van der Waals surface area contributed by atoms with Crippen molar-refractivity contribution >= 4 is 15.8 Å². The summed E-state index contributed by atoms with van der Waals surface area (Å²) in [5.74, 6) is 0.804. The molecule has 2 aromatic rings. The van der Waals surface area contributed by atoms with E-state index in [1.807, 2.05) is 42.2 Å². The lowest BCUT2D eigenvalue weighted by Crippen LogP contribution is -2.49. The zero-order valence-corrected chi connectivity index (χ0v) is 14.9. The van der Waals surface area contributed by atoms with E-state index in [4.69, 9.17) is 5.26 Å². The Morgan fingerprint density at radius 3 is 2.52 bits per heavy atom. The molecule has 130 valence electrons. The van der Waals surface area contributed by atoms with Crippen molar-refractivity contribution in [2.75, 3.05) is 31.1 Å². The molecule has 1 aromatic heterocycles. The molecule has 25 heavy (non-hydrogen) atoms. The maximum Gasteiger partial charge on any atom is 0.218 e. The SMILES string of the molecule is Cc1cccc(CS(=O)(=O)N2CCN(c3ccc(C#N)cn3)CC2)c1. The quantitative estimate of drug-likeness (QED) is 0.836. The minimum atomic E-state index is -3.33. The molecule has 6 nitrogen and oxygen atoms in total. The van der Waals surface area contributed by atoms with E-state index in [-0.39, 0.29) is 5.75 Å². The molecule has 0 amide bonds. The van der Waals surface area contributed by atoms with Crippen molar-refractivity contribution in [3.05, 3.63) is 59.3 Å². The first-order valence-electron chi connectivity index (χ1n) is 8.12. The van der Waals surface area contributed by atoms with Crippen molar-refractivity contribution in [3.8, 4) is 6.07 Å². The first kappa shape index (κ1) is 17.4. The Hall–Kier alpha value is -2.43. The summed E-state index contributed by atoms with van der Waals surface area (Å²) in [5, 5.41) is 8.82. The third kappa shape index (κ3) is 4.16. The molecule has 2 heterocycles. The molecule has 1 saturated heterocycles. The average Bonchev–Trinajstić information content (AvgIpc) is 2.61. The third-order valence-corrected chi connectivity index (χ3v) is 6.11. The highest BCUT2D eigenvalue weighted by Gasteiger charge is 2.27. The topological polar surface area (TPSA) is 77.3 Å². The van der Waals surface area contributed by atoms with Crippen LogP contribution in [0.25, 0.3) is 0 Å². The summed E-state index contributed by atoms with van der Waals surface area (Å²) in [6, 6.07) is 13.2. The zero-order valence-electron chi connectivity index (χ0n) is 14.1. The summed E-state index contributed by atoms with van der Waals surface area (Å²) in [6.45, 7) is 4.02. The van der Waals surface area contributed by atoms with Gasteiger partial charge in [0.15, 0.2) is 0 Å². The van der Waals surface area contributed by atoms with Crippen molar-refractivity contribution in [3.63, 3.8) is 0 Å². The highest BCUT2D eigenvalue weighted by Crippen LogP contribution is 2.18. The molecule has 0 radical (unpaired) electrons. The predicted molar refractivity (Wildman–Crippen MR) is 96.5 cm³/mol. The van der Waals surface area contributed by atoms with Crippen LogP contribution in [0.5, 0.6) is 0 Å². The monoisotopic (exact) mass is 356 g/mol. The Labute approximate surface area is 148 Å². The van der Waals surface area contributed by atoms with E-state index < -0.39 is 10.0 Å². The summed E-state index contributed by atoms with van der Waals surface area (Å²) in [5.41, 5.74) is 2.39. The summed E-state index contributed by atoms with van der Waals surface area (Å²) in [7, 11) is -3.33. The van der Waals surface area contributed by atoms with E-state index in [2.05, 4.69) is 4.98 Å². The predicted octanol–water partition coefficient (Wildman–Crippen LogP) is 1.91. The molecule has 0 aliphatic carbocycles. The van der Waals surface area contributed by atoms with Crippen molar-refractivity contribution in [1.29, 1.82) is 5.26 Å². The van der Waals surface area contributed by atoms with Crippen molar-refractivity contribution in [2.45, 2.75) is 12.7 Å². The van der Waals surface area contributed by atoms with Crippen LogP contribution in [0.1, 0.15) is 16.7 Å².